The first kappa shape index (κ1) is 38.0. The lowest BCUT2D eigenvalue weighted by Crippen LogP contribution is -2.50. The Labute approximate surface area is 280 Å². The molecule has 8 nitrogen and oxygen atoms in total. The number of piperidine rings is 1. The van der Waals surface area contributed by atoms with Gasteiger partial charge in [0.1, 0.15) is 17.7 Å². The number of aliphatic hydroxyl groups is 1. The highest BCUT2D eigenvalue weighted by molar-refractivity contribution is 7.20. The number of hydrogen-bond acceptors (Lipinski definition) is 8. The van der Waals surface area contributed by atoms with Crippen LogP contribution < -0.4 is 20.7 Å². The molecular weight excluding hydrogens is 688 g/mol. The Balaban J connectivity index is 1.57. The van der Waals surface area contributed by atoms with E-state index in [1.165, 1.54) is 20.2 Å². The van der Waals surface area contributed by atoms with Gasteiger partial charge in [0, 0.05) is 39.9 Å². The summed E-state index contributed by atoms with van der Waals surface area (Å²) >= 11 is 0.968. The van der Waals surface area contributed by atoms with Crippen LogP contribution in [0, 0.1) is 17.7 Å². The number of nitrogens with one attached hydrogen (secondary N) is 3. The number of halogens is 8. The number of methoxy groups -OCH3 is 1. The Hall–Kier alpha value is -3.85. The quantitative estimate of drug-likeness (QED) is 0.140. The maximum atomic E-state index is 15.2. The Kier molecular flexibility index (Phi) is 12.6. The summed E-state index contributed by atoms with van der Waals surface area (Å²) in [6, 6.07) is 5.62. The summed E-state index contributed by atoms with van der Waals surface area (Å²) in [4.78, 5) is 13.8. The summed E-state index contributed by atoms with van der Waals surface area (Å²) < 4.78 is 120. The topological polar surface area (TPSA) is 95.1 Å². The van der Waals surface area contributed by atoms with Crippen molar-refractivity contribution in [3.05, 3.63) is 52.2 Å². The van der Waals surface area contributed by atoms with Crippen molar-refractivity contribution in [2.75, 3.05) is 64.2 Å². The zero-order chi connectivity index (χ0) is 35.9. The Morgan fingerprint density at radius 3 is 2.57 bits per heavy atom. The first-order valence-corrected chi connectivity index (χ1v) is 15.8. The maximum absolute atomic E-state index is 15.2. The summed E-state index contributed by atoms with van der Waals surface area (Å²) in [7, 11) is 2.66. The lowest BCUT2D eigenvalue weighted by Gasteiger charge is -2.36. The molecule has 0 saturated carbocycles. The fraction of sp³-hybridized carbons (Fsp3) is 0.469. The minimum atomic E-state index is -4.74. The maximum Gasteiger partial charge on any atom is 0.422 e. The number of likely N-dealkylation sites (tertiary alicyclic amines) is 1. The van der Waals surface area contributed by atoms with Gasteiger partial charge in [-0.1, -0.05) is 24.0 Å². The lowest BCUT2D eigenvalue weighted by atomic mass is 10.0. The Morgan fingerprint density at radius 1 is 1.16 bits per heavy atom. The highest BCUT2D eigenvalue weighted by Gasteiger charge is 2.33. The van der Waals surface area contributed by atoms with Crippen molar-refractivity contribution in [1.82, 2.24) is 10.2 Å². The van der Waals surface area contributed by atoms with Crippen molar-refractivity contribution in [1.29, 1.82) is 0 Å². The molecule has 4 N–H and O–H groups in total. The molecule has 17 heteroatoms. The summed E-state index contributed by atoms with van der Waals surface area (Å²) in [5.74, 6) is 2.86. The number of anilines is 2. The first-order chi connectivity index (χ1) is 23.1. The number of carbonyl (C=O) groups excluding carboxylic acids is 1. The highest BCUT2D eigenvalue weighted by atomic mass is 32.1. The van der Waals surface area contributed by atoms with Gasteiger partial charge >= 0.3 is 12.4 Å². The molecule has 0 bridgehead atoms. The summed E-state index contributed by atoms with van der Waals surface area (Å²) in [6.45, 7) is -1.21. The smallest absolute Gasteiger partial charge is 0.422 e. The zero-order valence-corrected chi connectivity index (χ0v) is 27.1. The second kappa shape index (κ2) is 16.2. The molecule has 1 aliphatic rings. The third kappa shape index (κ3) is 10.6. The predicted octanol–water partition coefficient (Wildman–Crippen LogP) is 5.74. The molecule has 49 heavy (non-hydrogen) atoms. The molecule has 2 heterocycles. The second-order valence-corrected chi connectivity index (χ2v) is 12.3. The number of rotatable bonds is 12. The average molecular weight is 723 g/mol. The van der Waals surface area contributed by atoms with Gasteiger partial charge < -0.3 is 30.5 Å². The van der Waals surface area contributed by atoms with Crippen molar-refractivity contribution in [3.8, 4) is 17.6 Å². The number of benzene rings is 2. The number of hydrogen-bond donors (Lipinski definition) is 4. The van der Waals surface area contributed by atoms with Gasteiger partial charge in [-0.15, -0.1) is 11.3 Å². The van der Waals surface area contributed by atoms with Crippen molar-refractivity contribution in [2.45, 2.75) is 43.5 Å². The van der Waals surface area contributed by atoms with Crippen molar-refractivity contribution < 1.29 is 54.5 Å². The van der Waals surface area contributed by atoms with Crippen LogP contribution in [0.3, 0.4) is 0 Å². The van der Waals surface area contributed by atoms with E-state index < -0.39 is 66.7 Å². The predicted molar refractivity (Wildman–Crippen MR) is 170 cm³/mol. The van der Waals surface area contributed by atoms with Gasteiger partial charge in [0.2, 0.25) is 0 Å². The normalized spacial score (nSPS) is 17.7. The van der Waals surface area contributed by atoms with Crippen LogP contribution in [0.1, 0.15) is 27.2 Å². The van der Waals surface area contributed by atoms with Gasteiger partial charge in [0.05, 0.1) is 58.2 Å². The number of β-amino-alcohol motifs (C(OH)–C–C–N with tert-alkyl or cyclic N) is 1. The number of amides is 1. The third-order valence-electron chi connectivity index (χ3n) is 7.49. The van der Waals surface area contributed by atoms with E-state index in [1.54, 1.807) is 17.0 Å². The Bertz CT molecular complexity index is 1670. The van der Waals surface area contributed by atoms with Gasteiger partial charge in [0.15, 0.2) is 6.61 Å². The van der Waals surface area contributed by atoms with E-state index in [0.29, 0.717) is 23.4 Å². The van der Waals surface area contributed by atoms with Crippen LogP contribution in [0.2, 0.25) is 0 Å². The molecule has 0 spiro atoms. The number of carbonyl (C=O) groups is 1. The molecule has 2 aromatic carbocycles. The van der Waals surface area contributed by atoms with Gasteiger partial charge in [0.25, 0.3) is 5.91 Å². The van der Waals surface area contributed by atoms with Crippen molar-refractivity contribution >= 4 is 38.7 Å². The van der Waals surface area contributed by atoms with Crippen LogP contribution in [0.25, 0.3) is 10.1 Å². The number of thiophene rings is 1. The van der Waals surface area contributed by atoms with Gasteiger partial charge in [-0.25, -0.2) is 8.78 Å². The molecule has 0 aliphatic carbocycles. The molecule has 1 saturated heterocycles. The monoisotopic (exact) mass is 722 g/mol. The fourth-order valence-electron chi connectivity index (χ4n) is 5.34. The number of aliphatic hydroxyl groups excluding tert-OH is 1. The summed E-state index contributed by atoms with van der Waals surface area (Å²) in [6.07, 6.45) is -12.4. The SMILES string of the molecule is CNC(=O)c1cc(OCC(F)(F)F)c(NCC#Cc2sc3c(NC4CCN(CC(O)COC)CC4F)cccc3c2CC(F)(F)F)cc1F. The molecule has 0 radical (unpaired) electrons. The van der Waals surface area contributed by atoms with E-state index in [1.807, 2.05) is 0 Å². The minimum absolute atomic E-state index is 0.0449. The molecule has 268 valence electrons. The van der Waals surface area contributed by atoms with E-state index in [4.69, 9.17) is 9.47 Å². The number of alkyl halides is 7. The van der Waals surface area contributed by atoms with Crippen molar-refractivity contribution in [3.63, 3.8) is 0 Å². The Morgan fingerprint density at radius 2 is 1.92 bits per heavy atom. The number of ether oxygens (including phenoxy) is 2. The standard InChI is InChI=1S/C32H34F8N4O4S/c1-41-30(46)20-11-27(48-17-32(38,39)40)26(12-22(20)33)42-9-4-7-28-21(13-31(35,36)37)19-5-3-6-25(29(19)49-28)43-24-8-10-44(15-23(24)34)14-18(45)16-47-2/h3,5-6,11-12,18,23-24,42-43,45H,8-10,13-17H2,1-2H3,(H,41,46). The molecule has 4 rings (SSSR count). The molecule has 1 aromatic heterocycles. The van der Waals surface area contributed by atoms with Crippen LogP contribution in [0.5, 0.6) is 5.75 Å². The highest BCUT2D eigenvalue weighted by Crippen LogP contribution is 2.40. The second-order valence-electron chi connectivity index (χ2n) is 11.3. The van der Waals surface area contributed by atoms with Gasteiger partial charge in [-0.3, -0.25) is 9.69 Å². The summed E-state index contributed by atoms with van der Waals surface area (Å²) in [5, 5.41) is 18.2. The average Bonchev–Trinajstić information content (AvgIpc) is 3.35. The largest absolute Gasteiger partial charge is 0.482 e. The van der Waals surface area contributed by atoms with Crippen LogP contribution in [-0.2, 0) is 11.2 Å². The molecule has 1 aliphatic heterocycles. The van der Waals surface area contributed by atoms with Crippen LogP contribution in [0.15, 0.2) is 30.3 Å². The number of nitrogens with zero attached hydrogens (tertiary/aromatic N) is 1. The molecular formula is C32H34F8N4O4S. The molecule has 1 amide bonds. The fourth-order valence-corrected chi connectivity index (χ4v) is 6.51. The van der Waals surface area contributed by atoms with Crippen LogP contribution in [0.4, 0.5) is 46.5 Å². The van der Waals surface area contributed by atoms with Gasteiger partial charge in [-0.05, 0) is 29.5 Å². The van der Waals surface area contributed by atoms with Crippen molar-refractivity contribution in [2.24, 2.45) is 0 Å². The van der Waals surface area contributed by atoms with Gasteiger partial charge in [-0.2, -0.15) is 26.3 Å². The summed E-state index contributed by atoms with van der Waals surface area (Å²) in [5.41, 5.74) is -0.497. The molecule has 3 unspecified atom stereocenters. The molecule has 1 fully saturated rings. The zero-order valence-electron chi connectivity index (χ0n) is 26.3. The first-order valence-electron chi connectivity index (χ1n) is 15.0. The molecule has 3 atom stereocenters. The van der Waals surface area contributed by atoms with E-state index in [9.17, 15) is 40.6 Å². The van der Waals surface area contributed by atoms with E-state index in [2.05, 4.69) is 27.8 Å². The molecule has 3 aromatic rings. The van der Waals surface area contributed by atoms with Crippen LogP contribution >= 0.6 is 11.3 Å². The van der Waals surface area contributed by atoms with E-state index >= 15 is 4.39 Å². The van der Waals surface area contributed by atoms with E-state index in [0.717, 1.165) is 23.5 Å². The van der Waals surface area contributed by atoms with Crippen LogP contribution in [-0.4, -0.2) is 100 Å². The van der Waals surface area contributed by atoms with E-state index in [-0.39, 0.29) is 47.8 Å². The minimum Gasteiger partial charge on any atom is -0.482 e. The lowest BCUT2D eigenvalue weighted by molar-refractivity contribution is -0.153. The number of fused-ring (bicyclic) bond motifs is 1. The third-order valence-corrected chi connectivity index (χ3v) is 8.69.